The highest BCUT2D eigenvalue weighted by Crippen LogP contribution is 2.34. The van der Waals surface area contributed by atoms with Crippen LogP contribution in [0.4, 0.5) is 23.7 Å². The maximum atomic E-state index is 12.8. The van der Waals surface area contributed by atoms with Gasteiger partial charge in [0, 0.05) is 6.04 Å². The summed E-state index contributed by atoms with van der Waals surface area (Å²) in [6.07, 6.45) is -1.71. The summed E-state index contributed by atoms with van der Waals surface area (Å²) in [5.41, 5.74) is -1.06. The molecule has 110 valence electrons. The molecule has 2 atom stereocenters. The van der Waals surface area contributed by atoms with E-state index in [1.807, 2.05) is 0 Å². The number of anilines is 1. The number of hydrogen-bond acceptors (Lipinski definition) is 1. The standard InChI is InChI=1S/C14H17F3N2O/c1-9-6-7-10(8-9)18-13(20)19-12-5-3-2-4-11(12)14(15,16)17/h2-5,9-10H,6-8H2,1H3,(H2,18,19,20). The lowest BCUT2D eigenvalue weighted by Crippen LogP contribution is -2.36. The quantitative estimate of drug-likeness (QED) is 0.847. The molecule has 0 radical (unpaired) electrons. The van der Waals surface area contributed by atoms with Crippen LogP contribution in [0.15, 0.2) is 24.3 Å². The van der Waals surface area contributed by atoms with Gasteiger partial charge in [-0.25, -0.2) is 4.79 Å². The van der Waals surface area contributed by atoms with Crippen molar-refractivity contribution in [3.05, 3.63) is 29.8 Å². The average molecular weight is 286 g/mol. The molecule has 1 aliphatic carbocycles. The van der Waals surface area contributed by atoms with Crippen molar-refractivity contribution in [1.82, 2.24) is 5.32 Å². The van der Waals surface area contributed by atoms with Crippen molar-refractivity contribution in [2.24, 2.45) is 5.92 Å². The molecule has 3 nitrogen and oxygen atoms in total. The van der Waals surface area contributed by atoms with Gasteiger partial charge >= 0.3 is 12.2 Å². The Hall–Kier alpha value is -1.72. The van der Waals surface area contributed by atoms with Crippen LogP contribution in [0.25, 0.3) is 0 Å². The first kappa shape index (κ1) is 14.7. The van der Waals surface area contributed by atoms with Crippen LogP contribution in [0.3, 0.4) is 0 Å². The summed E-state index contributed by atoms with van der Waals surface area (Å²) < 4.78 is 38.3. The molecule has 1 fully saturated rings. The second-order valence-electron chi connectivity index (χ2n) is 5.26. The zero-order valence-electron chi connectivity index (χ0n) is 11.1. The molecule has 0 aliphatic heterocycles. The van der Waals surface area contributed by atoms with Crippen LogP contribution in [0.5, 0.6) is 0 Å². The monoisotopic (exact) mass is 286 g/mol. The van der Waals surface area contributed by atoms with Crippen LogP contribution in [-0.4, -0.2) is 12.1 Å². The molecule has 0 saturated heterocycles. The summed E-state index contributed by atoms with van der Waals surface area (Å²) in [6, 6.07) is 4.42. The van der Waals surface area contributed by atoms with Crippen LogP contribution in [0.1, 0.15) is 31.7 Å². The van der Waals surface area contributed by atoms with E-state index in [1.165, 1.54) is 18.2 Å². The summed E-state index contributed by atoms with van der Waals surface area (Å²) in [5, 5.41) is 5.01. The molecule has 0 bridgehead atoms. The Bertz CT molecular complexity index is 488. The number of hydrogen-bond donors (Lipinski definition) is 2. The number of amides is 2. The van der Waals surface area contributed by atoms with E-state index in [1.54, 1.807) is 0 Å². The summed E-state index contributed by atoms with van der Waals surface area (Å²) in [7, 11) is 0. The average Bonchev–Trinajstić information content (AvgIpc) is 2.73. The number of halogens is 3. The van der Waals surface area contributed by atoms with Gasteiger partial charge in [-0.1, -0.05) is 19.1 Å². The summed E-state index contributed by atoms with van der Waals surface area (Å²) >= 11 is 0. The SMILES string of the molecule is CC1CCC(NC(=O)Nc2ccccc2C(F)(F)F)C1. The minimum Gasteiger partial charge on any atom is -0.335 e. The molecule has 2 unspecified atom stereocenters. The van der Waals surface area contributed by atoms with Gasteiger partial charge in [0.2, 0.25) is 0 Å². The predicted octanol–water partition coefficient (Wildman–Crippen LogP) is 4.02. The number of benzene rings is 1. The van der Waals surface area contributed by atoms with Crippen LogP contribution in [0, 0.1) is 5.92 Å². The minimum absolute atomic E-state index is 0.0445. The molecule has 0 heterocycles. The second-order valence-corrected chi connectivity index (χ2v) is 5.26. The molecule has 20 heavy (non-hydrogen) atoms. The molecule has 6 heteroatoms. The number of alkyl halides is 3. The maximum Gasteiger partial charge on any atom is 0.418 e. The van der Waals surface area contributed by atoms with Gasteiger partial charge in [-0.05, 0) is 37.3 Å². The van der Waals surface area contributed by atoms with Crippen molar-refractivity contribution in [2.45, 2.75) is 38.4 Å². The van der Waals surface area contributed by atoms with E-state index in [9.17, 15) is 18.0 Å². The summed E-state index contributed by atoms with van der Waals surface area (Å²) in [6.45, 7) is 2.10. The molecule has 0 aromatic heterocycles. The van der Waals surface area contributed by atoms with Gasteiger partial charge in [0.1, 0.15) is 0 Å². The highest BCUT2D eigenvalue weighted by molar-refractivity contribution is 5.90. The van der Waals surface area contributed by atoms with Gasteiger partial charge in [0.25, 0.3) is 0 Å². The lowest BCUT2D eigenvalue weighted by atomic mass is 10.1. The molecular weight excluding hydrogens is 269 g/mol. The Balaban J connectivity index is 2.01. The molecule has 0 spiro atoms. The maximum absolute atomic E-state index is 12.8. The summed E-state index contributed by atoms with van der Waals surface area (Å²) in [5.74, 6) is 0.544. The smallest absolute Gasteiger partial charge is 0.335 e. The van der Waals surface area contributed by atoms with Crippen molar-refractivity contribution < 1.29 is 18.0 Å². The van der Waals surface area contributed by atoms with E-state index in [0.29, 0.717) is 5.92 Å². The first-order chi connectivity index (χ1) is 9.36. The van der Waals surface area contributed by atoms with E-state index < -0.39 is 17.8 Å². The van der Waals surface area contributed by atoms with Gasteiger partial charge in [0.05, 0.1) is 11.3 Å². The van der Waals surface area contributed by atoms with E-state index in [0.717, 1.165) is 25.3 Å². The lowest BCUT2D eigenvalue weighted by molar-refractivity contribution is -0.136. The Morgan fingerprint density at radius 2 is 1.95 bits per heavy atom. The van der Waals surface area contributed by atoms with E-state index in [4.69, 9.17) is 0 Å². The molecular formula is C14H17F3N2O. The van der Waals surface area contributed by atoms with E-state index in [-0.39, 0.29) is 11.7 Å². The van der Waals surface area contributed by atoms with E-state index >= 15 is 0 Å². The largest absolute Gasteiger partial charge is 0.418 e. The zero-order valence-corrected chi connectivity index (χ0v) is 11.1. The van der Waals surface area contributed by atoms with Gasteiger partial charge < -0.3 is 10.6 Å². The molecule has 1 aromatic rings. The third-order valence-electron chi connectivity index (χ3n) is 3.51. The first-order valence-corrected chi connectivity index (χ1v) is 6.60. The van der Waals surface area contributed by atoms with Crippen LogP contribution in [-0.2, 0) is 6.18 Å². The fourth-order valence-corrected chi connectivity index (χ4v) is 2.52. The summed E-state index contributed by atoms with van der Waals surface area (Å²) in [4.78, 5) is 11.8. The van der Waals surface area contributed by atoms with Crippen molar-refractivity contribution in [3.8, 4) is 0 Å². The normalized spacial score (nSPS) is 22.6. The fourth-order valence-electron chi connectivity index (χ4n) is 2.52. The number of carbonyl (C=O) groups is 1. The Kier molecular flexibility index (Phi) is 4.20. The van der Waals surface area contributed by atoms with Crippen LogP contribution in [0.2, 0.25) is 0 Å². The topological polar surface area (TPSA) is 41.1 Å². The van der Waals surface area contributed by atoms with Gasteiger partial charge in [-0.3, -0.25) is 0 Å². The third kappa shape index (κ3) is 3.65. The van der Waals surface area contributed by atoms with Crippen molar-refractivity contribution in [3.63, 3.8) is 0 Å². The minimum atomic E-state index is -4.48. The predicted molar refractivity (Wildman–Crippen MR) is 70.4 cm³/mol. The van der Waals surface area contributed by atoms with Crippen molar-refractivity contribution >= 4 is 11.7 Å². The first-order valence-electron chi connectivity index (χ1n) is 6.60. The van der Waals surface area contributed by atoms with Crippen LogP contribution >= 0.6 is 0 Å². The molecule has 2 rings (SSSR count). The second kappa shape index (κ2) is 5.73. The van der Waals surface area contributed by atoms with Gasteiger partial charge in [-0.2, -0.15) is 13.2 Å². The highest BCUT2D eigenvalue weighted by Gasteiger charge is 2.33. The third-order valence-corrected chi connectivity index (χ3v) is 3.51. The van der Waals surface area contributed by atoms with Crippen LogP contribution < -0.4 is 10.6 Å². The molecule has 1 aromatic carbocycles. The Labute approximate surface area is 115 Å². The highest BCUT2D eigenvalue weighted by atomic mass is 19.4. The van der Waals surface area contributed by atoms with Gasteiger partial charge in [0.15, 0.2) is 0 Å². The number of rotatable bonds is 2. The fraction of sp³-hybridized carbons (Fsp3) is 0.500. The Morgan fingerprint density at radius 1 is 1.25 bits per heavy atom. The lowest BCUT2D eigenvalue weighted by Gasteiger charge is -2.16. The number of para-hydroxylation sites is 1. The molecule has 2 amide bonds. The number of carbonyl (C=O) groups excluding carboxylic acids is 1. The number of nitrogens with one attached hydrogen (secondary N) is 2. The molecule has 1 saturated carbocycles. The number of urea groups is 1. The zero-order chi connectivity index (χ0) is 14.8. The van der Waals surface area contributed by atoms with E-state index in [2.05, 4.69) is 17.6 Å². The molecule has 1 aliphatic rings. The van der Waals surface area contributed by atoms with Gasteiger partial charge in [-0.15, -0.1) is 0 Å². The van der Waals surface area contributed by atoms with Crippen molar-refractivity contribution in [1.29, 1.82) is 0 Å². The Morgan fingerprint density at radius 3 is 2.55 bits per heavy atom. The van der Waals surface area contributed by atoms with Crippen molar-refractivity contribution in [2.75, 3.05) is 5.32 Å². The molecule has 2 N–H and O–H groups in total.